The third kappa shape index (κ3) is 4.08. The first-order chi connectivity index (χ1) is 13.9. The highest BCUT2D eigenvalue weighted by Gasteiger charge is 2.44. The Morgan fingerprint density at radius 1 is 1.38 bits per heavy atom. The van der Waals surface area contributed by atoms with Crippen molar-refractivity contribution in [2.24, 2.45) is 0 Å². The van der Waals surface area contributed by atoms with E-state index in [9.17, 15) is 10.0 Å². The zero-order valence-corrected chi connectivity index (χ0v) is 18.5. The second-order valence-corrected chi connectivity index (χ2v) is 9.68. The molecule has 0 N–H and O–H groups in total. The van der Waals surface area contributed by atoms with Gasteiger partial charge in [-0.25, -0.2) is 4.90 Å². The lowest BCUT2D eigenvalue weighted by molar-refractivity contribution is -0.153. The predicted molar refractivity (Wildman–Crippen MR) is 119 cm³/mol. The third-order valence-electron chi connectivity index (χ3n) is 5.43. The maximum atomic E-state index is 13.7. The molecule has 1 aromatic carbocycles. The van der Waals surface area contributed by atoms with Gasteiger partial charge >= 0.3 is 5.97 Å². The van der Waals surface area contributed by atoms with Crippen LogP contribution in [0.5, 0.6) is 0 Å². The van der Waals surface area contributed by atoms with Gasteiger partial charge < -0.3 is 9.94 Å². The number of hydrogen-bond donors (Lipinski definition) is 0. The van der Waals surface area contributed by atoms with Crippen LogP contribution in [-0.4, -0.2) is 42.3 Å². The molecule has 3 aromatic rings. The predicted octanol–water partition coefficient (Wildman–Crippen LogP) is 4.57. The van der Waals surface area contributed by atoms with E-state index < -0.39 is 10.9 Å². The minimum absolute atomic E-state index is 0.228. The number of carbonyl (C=O) groups is 1. The molecule has 1 saturated heterocycles. The van der Waals surface area contributed by atoms with E-state index >= 15 is 0 Å². The van der Waals surface area contributed by atoms with E-state index in [1.807, 2.05) is 36.2 Å². The van der Waals surface area contributed by atoms with Crippen LogP contribution < -0.4 is 4.65 Å². The highest BCUT2D eigenvalue weighted by Crippen LogP contribution is 2.37. The summed E-state index contributed by atoms with van der Waals surface area (Å²) in [6, 6.07) is 7.70. The molecule has 6 nitrogen and oxygen atoms in total. The fourth-order valence-corrected chi connectivity index (χ4v) is 5.77. The minimum Gasteiger partial charge on any atom is -0.622 e. The summed E-state index contributed by atoms with van der Waals surface area (Å²) in [5.41, 5.74) is 3.42. The van der Waals surface area contributed by atoms with Crippen molar-refractivity contribution >= 4 is 44.0 Å². The van der Waals surface area contributed by atoms with E-state index in [4.69, 9.17) is 4.74 Å². The average Bonchev–Trinajstić information content (AvgIpc) is 3.34. The lowest BCUT2D eigenvalue weighted by Gasteiger charge is -2.38. The van der Waals surface area contributed by atoms with Crippen molar-refractivity contribution in [3.8, 4) is 0 Å². The number of thiazole rings is 1. The molecule has 0 amide bonds. The van der Waals surface area contributed by atoms with Crippen LogP contribution in [0.1, 0.15) is 28.8 Å². The largest absolute Gasteiger partial charge is 0.622 e. The fraction of sp³-hybridized carbons (Fsp3) is 0.429. The van der Waals surface area contributed by atoms with E-state index in [2.05, 4.69) is 24.2 Å². The summed E-state index contributed by atoms with van der Waals surface area (Å²) in [7, 11) is 1.87. The maximum Gasteiger partial charge on any atom is 0.310 e. The Morgan fingerprint density at radius 3 is 2.90 bits per heavy atom. The highest BCUT2D eigenvalue weighted by molar-refractivity contribution is 7.22. The molecule has 1 aliphatic heterocycles. The second-order valence-electron chi connectivity index (χ2n) is 7.70. The Bertz CT molecular complexity index is 998. The van der Waals surface area contributed by atoms with Gasteiger partial charge in [0.2, 0.25) is 0 Å². The Balaban J connectivity index is 1.42. The molecule has 0 bridgehead atoms. The molecule has 154 valence electrons. The molecule has 1 aliphatic rings. The van der Waals surface area contributed by atoms with Gasteiger partial charge in [-0.2, -0.15) is 4.98 Å². The molecule has 0 radical (unpaired) electrons. The summed E-state index contributed by atoms with van der Waals surface area (Å²) in [4.78, 5) is 20.2. The number of ether oxygens (including phenoxy) is 1. The first-order valence-electron chi connectivity index (χ1n) is 9.73. The van der Waals surface area contributed by atoms with Gasteiger partial charge in [0.15, 0.2) is 0 Å². The lowest BCUT2D eigenvalue weighted by atomic mass is 10.1. The summed E-state index contributed by atoms with van der Waals surface area (Å²) in [6.45, 7) is 4.86. The van der Waals surface area contributed by atoms with Gasteiger partial charge in [-0.15, -0.1) is 11.3 Å². The van der Waals surface area contributed by atoms with Crippen molar-refractivity contribution in [3.63, 3.8) is 0 Å². The Morgan fingerprint density at radius 2 is 2.17 bits per heavy atom. The number of aryl methyl sites for hydroxylation is 2. The average molecular weight is 432 g/mol. The van der Waals surface area contributed by atoms with Crippen molar-refractivity contribution in [1.82, 2.24) is 14.5 Å². The molecule has 29 heavy (non-hydrogen) atoms. The normalized spacial score (nSPS) is 22.4. The van der Waals surface area contributed by atoms with Gasteiger partial charge in [-0.05, 0) is 62.4 Å². The standard InChI is InChI=1S/C21H25N3O3S2/c1-14-12-28-17(15(14)2)9-6-10-20(25)27-19-11-23(3)13-24(19,26)21-22-16-7-4-5-8-18(16)29-21/h4-5,7-8,12,19H,6,9-11,13H2,1-3H3. The molecule has 2 atom stereocenters. The number of para-hydroxylation sites is 1. The van der Waals surface area contributed by atoms with Crippen LogP contribution in [0.15, 0.2) is 29.6 Å². The molecule has 8 heteroatoms. The summed E-state index contributed by atoms with van der Waals surface area (Å²) in [5.74, 6) is -0.310. The van der Waals surface area contributed by atoms with Crippen LogP contribution in [0, 0.1) is 19.1 Å². The quantitative estimate of drug-likeness (QED) is 0.325. The molecule has 2 unspecified atom stereocenters. The van der Waals surface area contributed by atoms with Crippen molar-refractivity contribution in [3.05, 3.63) is 50.9 Å². The second kappa shape index (κ2) is 8.12. The number of aromatic nitrogens is 1. The monoisotopic (exact) mass is 431 g/mol. The van der Waals surface area contributed by atoms with Crippen LogP contribution >= 0.6 is 22.7 Å². The molecule has 3 heterocycles. The number of fused-ring (bicyclic) bond motifs is 1. The molecule has 0 aliphatic carbocycles. The van der Waals surface area contributed by atoms with E-state index in [1.54, 1.807) is 11.3 Å². The number of quaternary nitrogens is 1. The van der Waals surface area contributed by atoms with Gasteiger partial charge in [-0.3, -0.25) is 9.44 Å². The van der Waals surface area contributed by atoms with Gasteiger partial charge in [-0.1, -0.05) is 23.5 Å². The molecule has 2 aromatic heterocycles. The van der Waals surface area contributed by atoms with Crippen molar-refractivity contribution in [2.75, 3.05) is 20.3 Å². The number of benzene rings is 1. The first kappa shape index (κ1) is 20.4. The SMILES string of the molecule is Cc1csc(CCCC(=O)OC2CN(C)C[N+]2([O-])c2nc3ccccc3s2)c1C. The summed E-state index contributed by atoms with van der Waals surface area (Å²) < 4.78 is 5.91. The number of rotatable bonds is 6. The number of hydroxylamine groups is 2. The van der Waals surface area contributed by atoms with Crippen LogP contribution in [-0.2, 0) is 16.0 Å². The van der Waals surface area contributed by atoms with E-state index in [1.165, 1.54) is 27.3 Å². The molecule has 4 rings (SSSR count). The molecule has 0 saturated carbocycles. The number of carbonyl (C=O) groups excluding carboxylic acids is 1. The smallest absolute Gasteiger partial charge is 0.310 e. The maximum absolute atomic E-state index is 13.7. The van der Waals surface area contributed by atoms with E-state index in [-0.39, 0.29) is 12.6 Å². The summed E-state index contributed by atoms with van der Waals surface area (Å²) >= 11 is 3.12. The highest BCUT2D eigenvalue weighted by atomic mass is 32.1. The van der Waals surface area contributed by atoms with E-state index in [0.29, 0.717) is 18.1 Å². The van der Waals surface area contributed by atoms with E-state index in [0.717, 1.165) is 23.1 Å². The van der Waals surface area contributed by atoms with Gasteiger partial charge in [0.05, 0.1) is 16.8 Å². The van der Waals surface area contributed by atoms with Crippen LogP contribution in [0.25, 0.3) is 10.2 Å². The minimum atomic E-state index is -0.779. The van der Waals surface area contributed by atoms with Crippen molar-refractivity contribution < 1.29 is 9.53 Å². The molecule has 1 fully saturated rings. The van der Waals surface area contributed by atoms with Gasteiger partial charge in [0, 0.05) is 11.3 Å². The number of nitrogens with zero attached hydrogens (tertiary/aromatic N) is 3. The lowest BCUT2D eigenvalue weighted by Crippen LogP contribution is -2.50. The number of thiophene rings is 1. The van der Waals surface area contributed by atoms with Crippen LogP contribution in [0.3, 0.4) is 0 Å². The van der Waals surface area contributed by atoms with Gasteiger partial charge in [0.1, 0.15) is 6.67 Å². The topological polar surface area (TPSA) is 65.5 Å². The number of esters is 1. The summed E-state index contributed by atoms with van der Waals surface area (Å²) in [5, 5.41) is 16.3. The van der Waals surface area contributed by atoms with Crippen molar-refractivity contribution in [1.29, 1.82) is 0 Å². The molecule has 0 spiro atoms. The Hall–Kier alpha value is -1.84. The van der Waals surface area contributed by atoms with Crippen LogP contribution in [0.4, 0.5) is 5.13 Å². The first-order valence-corrected chi connectivity index (χ1v) is 11.4. The zero-order valence-electron chi connectivity index (χ0n) is 16.9. The Labute approximate surface area is 178 Å². The molecular weight excluding hydrogens is 406 g/mol. The fourth-order valence-electron chi connectivity index (χ4n) is 3.64. The zero-order chi connectivity index (χ0) is 20.6. The van der Waals surface area contributed by atoms with Crippen LogP contribution in [0.2, 0.25) is 0 Å². The number of likely N-dealkylation sites (N-methyl/N-ethyl adjacent to an activating group) is 1. The third-order valence-corrected chi connectivity index (χ3v) is 7.85. The number of hydrogen-bond acceptors (Lipinski definition) is 7. The summed E-state index contributed by atoms with van der Waals surface area (Å²) in [6.07, 6.45) is 1.12. The Kier molecular flexibility index (Phi) is 5.72. The van der Waals surface area contributed by atoms with Crippen molar-refractivity contribution in [2.45, 2.75) is 39.3 Å². The molecular formula is C21H25N3O3S2. The van der Waals surface area contributed by atoms with Gasteiger partial charge in [0.25, 0.3) is 11.4 Å².